The monoisotopic (exact) mass is 1500 g/mol. The zero-order valence-corrected chi connectivity index (χ0v) is 57.1. The third-order valence-corrected chi connectivity index (χ3v) is 18.4. The minimum atomic E-state index is -5.70. The van der Waals surface area contributed by atoms with Crippen LogP contribution < -0.4 is 22.9 Å². The van der Waals surface area contributed by atoms with Crippen LogP contribution in [0.1, 0.15) is 113 Å². The van der Waals surface area contributed by atoms with Crippen LogP contribution in [-0.2, 0) is 65.4 Å². The molecule has 0 bridgehead atoms. The lowest BCUT2D eigenvalue weighted by Crippen LogP contribution is -2.34. The molecule has 0 saturated carbocycles. The molecular formula is C51H85F3N12O30P2S. The fourth-order valence-electron chi connectivity index (χ4n) is 9.18. The number of aliphatic hydroxyl groups is 10. The molecule has 0 radical (unpaired) electrons. The van der Waals surface area contributed by atoms with Gasteiger partial charge in [-0.15, -0.1) is 0 Å². The Labute approximate surface area is 561 Å². The van der Waals surface area contributed by atoms with E-state index in [1.54, 1.807) is 27.7 Å². The van der Waals surface area contributed by atoms with Crippen molar-refractivity contribution < 1.29 is 157 Å². The highest BCUT2D eigenvalue weighted by molar-refractivity contribution is 7.87. The molecule has 8 rings (SSSR count). The van der Waals surface area contributed by atoms with Crippen molar-refractivity contribution in [3.8, 4) is 11.8 Å². The Kier molecular flexibility index (Phi) is 33.5. The number of halogens is 3. The Balaban J connectivity index is 0.000000324. The van der Waals surface area contributed by atoms with E-state index in [0.29, 0.717) is 11.4 Å². The Bertz CT molecular complexity index is 3380. The van der Waals surface area contributed by atoms with Crippen molar-refractivity contribution in [2.45, 2.75) is 152 Å². The molecule has 4 fully saturated rings. The first kappa shape index (κ1) is 86.9. The number of amides is 4. The van der Waals surface area contributed by atoms with Crippen LogP contribution in [0.2, 0.25) is 0 Å². The van der Waals surface area contributed by atoms with E-state index < -0.39 is 189 Å². The molecule has 99 heavy (non-hydrogen) atoms. The molecule has 0 spiro atoms. The molecule has 0 aliphatic carbocycles. The van der Waals surface area contributed by atoms with Crippen LogP contribution in [0.3, 0.4) is 0 Å². The average molecular weight is 1500 g/mol. The number of methoxy groups -OCH3 is 1. The molecule has 42 nitrogen and oxygen atoms in total. The number of ether oxygens (including phenoxy) is 6. The van der Waals surface area contributed by atoms with E-state index in [4.69, 9.17) is 70.6 Å². The number of nitrogens with zero attached hydrogens (tertiary/aromatic N) is 8. The summed E-state index contributed by atoms with van der Waals surface area (Å²) in [6.45, 7) is 12.3. The van der Waals surface area contributed by atoms with E-state index in [1.165, 1.54) is 35.8 Å². The third-order valence-electron chi connectivity index (χ3n) is 14.0. The smallest absolute Gasteiger partial charge is 0.493 e. The van der Waals surface area contributed by atoms with Gasteiger partial charge < -0.3 is 135 Å². The maximum atomic E-state index is 12.3. The topological polar surface area (TPSA) is 647 Å². The zero-order valence-electron chi connectivity index (χ0n) is 54.4. The molecule has 4 aliphatic heterocycles. The van der Waals surface area contributed by atoms with E-state index in [0.717, 1.165) is 28.5 Å². The summed E-state index contributed by atoms with van der Waals surface area (Å²) in [6, 6.07) is 0. The molecule has 4 aliphatic rings. The fraction of sp³-hybridized carbons (Fsp3) is 0.686. The molecule has 4 amide bonds. The lowest BCUT2D eigenvalue weighted by molar-refractivity contribution is -0.0652. The Morgan fingerprint density at radius 3 is 1.12 bits per heavy atom. The van der Waals surface area contributed by atoms with Crippen molar-refractivity contribution in [3.63, 3.8) is 0 Å². The molecule has 566 valence electrons. The number of hydrogen-bond donors (Lipinski definition) is 16. The normalized spacial score (nSPS) is 27.2. The van der Waals surface area contributed by atoms with Crippen molar-refractivity contribution in [2.75, 3.05) is 72.7 Å². The van der Waals surface area contributed by atoms with Crippen LogP contribution >= 0.6 is 15.0 Å². The average Bonchev–Trinajstić information content (AvgIpc) is 1.67. The fourth-order valence-corrected chi connectivity index (χ4v) is 12.6. The SMILES string of the molecule is CC.CCOP(=O)(COC[C@H]1O[C@@H](n2cnc(C(N)=O)c2O)[C@H](O)[C@@H]1O)OCC.CCOP(C)(=O)COS(=O)(=O)C(F)(F)F.COC[C@H]1O[C@@H](n2cnc(C(N)=O)c2O)[C@H](O)[C@@H]1O.Cc1c(C(N)=O)ncn1[C@@H]1O[C@H](CO)[C@@H](O)[C@H]1O.Cc1c(C(N)=O)ncn1[C@@H]1O[C@H](CO)[C@@H](O)[C@H]1O. The number of imidazole rings is 4. The van der Waals surface area contributed by atoms with Gasteiger partial charge in [-0.05, 0) is 34.6 Å². The van der Waals surface area contributed by atoms with Crippen LogP contribution in [-0.4, -0.2) is 283 Å². The van der Waals surface area contributed by atoms with Gasteiger partial charge in [0.15, 0.2) is 36.3 Å². The molecule has 17 atom stereocenters. The van der Waals surface area contributed by atoms with Gasteiger partial charge in [-0.2, -0.15) is 21.6 Å². The van der Waals surface area contributed by atoms with Gasteiger partial charge in [0.05, 0.1) is 58.9 Å². The van der Waals surface area contributed by atoms with E-state index in [9.17, 15) is 101 Å². The van der Waals surface area contributed by atoms with E-state index in [2.05, 4.69) is 28.6 Å². The standard InChI is InChI=1S/C14H24N3O9P.C10H15N3O6.2C10H15N3O5.C5H10F3O5PS.C2H6/c1-3-24-27(22,25-4-2)7-23-5-8-10(18)11(19)14(26-8)17-6-16-9(12(15)20)13(17)21;1-18-2-4-6(14)7(15)10(19-4)13-3-12-5(8(11)16)9(13)17;2*1-4-6(9(11)17)12-3-13(4)10-8(16)7(15)5(2-14)18-10;1-3-12-14(2,9)4-13-15(10,11)5(6,7)8;1-2/h6,8,10-11,14,18-19,21H,3-5,7H2,1-2H3,(H2,15,20);3-4,6-7,10,14-15,17H,2H2,1H3,(H2,11,16);2*3,5,7-8,10,14-16H,2H2,1H3,(H2,11,17);3-4H2,1-2H3;1-2H3/t8-,10-,11-,14-;4-,6-,7-,10-;2*5-,7-,8-,10-;;/m1111../s1. The summed E-state index contributed by atoms with van der Waals surface area (Å²) >= 11 is 0. The Hall–Kier alpha value is -6.28. The zero-order chi connectivity index (χ0) is 75.6. The van der Waals surface area contributed by atoms with Gasteiger partial charge in [-0.25, -0.2) is 19.9 Å². The van der Waals surface area contributed by atoms with Crippen LogP contribution in [0.25, 0.3) is 0 Å². The van der Waals surface area contributed by atoms with Gasteiger partial charge in [0, 0.05) is 25.2 Å². The molecule has 8 heterocycles. The number of nitrogens with two attached hydrogens (primary N) is 4. The maximum Gasteiger partial charge on any atom is 0.523 e. The molecule has 4 saturated heterocycles. The molecule has 0 aromatic carbocycles. The van der Waals surface area contributed by atoms with Crippen molar-refractivity contribution in [1.82, 2.24) is 38.2 Å². The van der Waals surface area contributed by atoms with Crippen LogP contribution in [0, 0.1) is 13.8 Å². The van der Waals surface area contributed by atoms with Crippen LogP contribution in [0.15, 0.2) is 25.3 Å². The van der Waals surface area contributed by atoms with Crippen molar-refractivity contribution >= 4 is 48.7 Å². The Morgan fingerprint density at radius 2 is 0.838 bits per heavy atom. The number of carbonyl (C=O) groups excluding carboxylic acids is 4. The van der Waals surface area contributed by atoms with Gasteiger partial charge in [0.1, 0.15) is 110 Å². The van der Waals surface area contributed by atoms with E-state index >= 15 is 0 Å². The number of rotatable bonds is 25. The van der Waals surface area contributed by atoms with Gasteiger partial charge in [-0.3, -0.25) is 41.6 Å². The largest absolute Gasteiger partial charge is 0.523 e. The van der Waals surface area contributed by atoms with Crippen LogP contribution in [0.4, 0.5) is 13.2 Å². The summed E-state index contributed by atoms with van der Waals surface area (Å²) in [4.78, 5) is 59.2. The predicted octanol–water partition coefficient (Wildman–Crippen LogP) is -3.92. The second-order valence-electron chi connectivity index (χ2n) is 20.8. The molecule has 48 heteroatoms. The van der Waals surface area contributed by atoms with Crippen LogP contribution in [0.5, 0.6) is 11.8 Å². The van der Waals surface area contributed by atoms with E-state index in [-0.39, 0.29) is 56.5 Å². The van der Waals surface area contributed by atoms with Gasteiger partial charge in [0.25, 0.3) is 23.6 Å². The summed E-state index contributed by atoms with van der Waals surface area (Å²) in [5.41, 5.74) is 15.1. The number of aromatic hydroxyl groups is 2. The second-order valence-corrected chi connectivity index (χ2v) is 27.0. The number of hydrogen-bond acceptors (Lipinski definition) is 34. The summed E-state index contributed by atoms with van der Waals surface area (Å²) in [5, 5.41) is 117. The van der Waals surface area contributed by atoms with Gasteiger partial charge in [-0.1, -0.05) is 13.8 Å². The number of primary amides is 4. The lowest BCUT2D eigenvalue weighted by Gasteiger charge is -2.19. The summed E-state index contributed by atoms with van der Waals surface area (Å²) in [5.74, 6) is -4.35. The van der Waals surface area contributed by atoms with E-state index in [1.807, 2.05) is 13.8 Å². The number of aliphatic hydroxyl groups excluding tert-OH is 10. The van der Waals surface area contributed by atoms with Crippen molar-refractivity contribution in [2.24, 2.45) is 22.9 Å². The quantitative estimate of drug-likeness (QED) is 0.0171. The number of alkyl halides is 3. The highest BCUT2D eigenvalue weighted by Crippen LogP contribution is 2.48. The molecule has 1 unspecified atom stereocenters. The summed E-state index contributed by atoms with van der Waals surface area (Å²) in [7, 11) is -11.2. The number of aromatic nitrogens is 8. The number of carbonyl (C=O) groups is 4. The maximum absolute atomic E-state index is 12.3. The highest BCUT2D eigenvalue weighted by atomic mass is 32.2. The molecular weight excluding hydrogens is 1410 g/mol. The lowest BCUT2D eigenvalue weighted by atomic mass is 10.1. The first-order chi connectivity index (χ1) is 46.2. The van der Waals surface area contributed by atoms with Crippen molar-refractivity contribution in [3.05, 3.63) is 59.5 Å². The summed E-state index contributed by atoms with van der Waals surface area (Å²) in [6.07, 6.45) is -14.4. The minimum Gasteiger partial charge on any atom is -0.493 e. The molecule has 20 N–H and O–H groups in total. The first-order valence-corrected chi connectivity index (χ1v) is 34.7. The van der Waals surface area contributed by atoms with Gasteiger partial charge in [0.2, 0.25) is 19.1 Å². The molecule has 4 aromatic heterocycles. The third kappa shape index (κ3) is 21.9. The minimum absolute atomic E-state index is 0.0107. The van der Waals surface area contributed by atoms with Crippen molar-refractivity contribution in [1.29, 1.82) is 0 Å². The molecule has 4 aromatic rings. The first-order valence-electron chi connectivity index (χ1n) is 29.3. The predicted molar refractivity (Wildman–Crippen MR) is 325 cm³/mol. The summed E-state index contributed by atoms with van der Waals surface area (Å²) < 4.78 is 134. The second kappa shape index (κ2) is 38.1. The Morgan fingerprint density at radius 1 is 0.535 bits per heavy atom. The van der Waals surface area contributed by atoms with Gasteiger partial charge >= 0.3 is 23.2 Å². The highest BCUT2D eigenvalue weighted by Gasteiger charge is 2.50.